The molecule has 30 heavy (non-hydrogen) atoms. The van der Waals surface area contributed by atoms with Gasteiger partial charge in [-0.25, -0.2) is 0 Å². The molecule has 0 fully saturated rings. The van der Waals surface area contributed by atoms with Crippen LogP contribution < -0.4 is 10.1 Å². The molecular weight excluding hydrogens is 490 g/mol. The highest BCUT2D eigenvalue weighted by atomic mass is 35.5. The van der Waals surface area contributed by atoms with Gasteiger partial charge in [0.15, 0.2) is 11.0 Å². The van der Waals surface area contributed by atoms with Crippen molar-refractivity contribution in [1.29, 1.82) is 0 Å². The lowest BCUT2D eigenvalue weighted by Crippen LogP contribution is -2.15. The van der Waals surface area contributed by atoms with Crippen molar-refractivity contribution >= 4 is 69.8 Å². The fourth-order valence-corrected chi connectivity index (χ4v) is 3.83. The Kier molecular flexibility index (Phi) is 7.76. The number of thioether (sulfide) groups is 1. The summed E-state index contributed by atoms with van der Waals surface area (Å²) >= 11 is 25.2. The van der Waals surface area contributed by atoms with E-state index in [1.54, 1.807) is 16.7 Å². The molecule has 1 heterocycles. The Bertz CT molecular complexity index is 1090. The second-order valence-corrected chi connectivity index (χ2v) is 8.81. The molecule has 6 nitrogen and oxygen atoms in total. The van der Waals surface area contributed by atoms with Crippen molar-refractivity contribution in [2.75, 3.05) is 11.1 Å². The Morgan fingerprint density at radius 3 is 2.53 bits per heavy atom. The summed E-state index contributed by atoms with van der Waals surface area (Å²) in [6.45, 7) is 2.14. The van der Waals surface area contributed by atoms with Crippen molar-refractivity contribution in [3.05, 3.63) is 61.8 Å². The van der Waals surface area contributed by atoms with Crippen LogP contribution in [-0.2, 0) is 18.4 Å². The highest BCUT2D eigenvalue weighted by Gasteiger charge is 2.14. The monoisotopic (exact) mass is 504 g/mol. The zero-order valence-corrected chi connectivity index (χ0v) is 19.7. The molecular formula is C19H16Cl4N4O2S. The maximum atomic E-state index is 12.3. The first-order chi connectivity index (χ1) is 14.2. The number of hydrogen-bond donors (Lipinski definition) is 1. The van der Waals surface area contributed by atoms with E-state index < -0.39 is 0 Å². The number of amides is 1. The molecule has 11 heteroatoms. The minimum atomic E-state index is -0.266. The Morgan fingerprint density at radius 1 is 1.07 bits per heavy atom. The Labute approximate surface area is 197 Å². The van der Waals surface area contributed by atoms with Crippen LogP contribution in [0.3, 0.4) is 0 Å². The van der Waals surface area contributed by atoms with Crippen LogP contribution in [-0.4, -0.2) is 26.4 Å². The maximum absolute atomic E-state index is 12.3. The third-order valence-corrected chi connectivity index (χ3v) is 6.52. The van der Waals surface area contributed by atoms with E-state index in [1.807, 2.05) is 20.0 Å². The van der Waals surface area contributed by atoms with Gasteiger partial charge in [0.1, 0.15) is 12.4 Å². The summed E-state index contributed by atoms with van der Waals surface area (Å²) in [5, 5.41) is 13.1. The van der Waals surface area contributed by atoms with E-state index in [2.05, 4.69) is 15.5 Å². The summed E-state index contributed by atoms with van der Waals surface area (Å²) in [5.74, 6) is 1.16. The van der Waals surface area contributed by atoms with Gasteiger partial charge in [0, 0.05) is 12.1 Å². The van der Waals surface area contributed by atoms with Gasteiger partial charge < -0.3 is 14.6 Å². The molecule has 158 valence electrons. The number of aryl methyl sites for hydroxylation is 1. The molecule has 1 N–H and O–H groups in total. The Balaban J connectivity index is 1.56. The summed E-state index contributed by atoms with van der Waals surface area (Å²) in [5.41, 5.74) is 1.32. The third kappa shape index (κ3) is 5.74. The van der Waals surface area contributed by atoms with Gasteiger partial charge in [-0.1, -0.05) is 58.2 Å². The molecule has 3 aromatic rings. The molecule has 0 saturated heterocycles. The third-order valence-electron chi connectivity index (χ3n) is 4.04. The zero-order valence-electron chi connectivity index (χ0n) is 15.9. The maximum Gasteiger partial charge on any atom is 0.234 e. The highest BCUT2D eigenvalue weighted by molar-refractivity contribution is 7.99. The van der Waals surface area contributed by atoms with Gasteiger partial charge in [-0.05, 0) is 42.8 Å². The van der Waals surface area contributed by atoms with Crippen molar-refractivity contribution in [2.45, 2.75) is 18.7 Å². The van der Waals surface area contributed by atoms with Crippen LogP contribution in [0.5, 0.6) is 5.75 Å². The summed E-state index contributed by atoms with van der Waals surface area (Å²) in [4.78, 5) is 12.3. The summed E-state index contributed by atoms with van der Waals surface area (Å²) in [7, 11) is 1.81. The normalized spacial score (nSPS) is 10.9. The SMILES string of the molecule is Cc1cc(OCc2nnc(SCC(=O)Nc3cc(Cl)c(Cl)cc3Cl)n2C)ccc1Cl. The average molecular weight is 506 g/mol. The number of carbonyl (C=O) groups excluding carboxylic acids is 1. The van der Waals surface area contributed by atoms with E-state index in [1.165, 1.54) is 23.9 Å². The minimum absolute atomic E-state index is 0.111. The smallest absolute Gasteiger partial charge is 0.234 e. The Hall–Kier alpha value is -1.64. The fourth-order valence-electron chi connectivity index (χ4n) is 2.39. The van der Waals surface area contributed by atoms with Crippen LogP contribution in [0, 0.1) is 6.92 Å². The van der Waals surface area contributed by atoms with Gasteiger partial charge in [0.25, 0.3) is 0 Å². The van der Waals surface area contributed by atoms with E-state index in [-0.39, 0.29) is 18.3 Å². The molecule has 1 aromatic heterocycles. The fraction of sp³-hybridized carbons (Fsp3) is 0.211. The van der Waals surface area contributed by atoms with Crippen molar-refractivity contribution in [1.82, 2.24) is 14.8 Å². The lowest BCUT2D eigenvalue weighted by molar-refractivity contribution is -0.113. The molecule has 0 atom stereocenters. The Morgan fingerprint density at radius 2 is 1.80 bits per heavy atom. The molecule has 1 amide bonds. The van der Waals surface area contributed by atoms with Crippen molar-refractivity contribution in [2.24, 2.45) is 7.05 Å². The van der Waals surface area contributed by atoms with Gasteiger partial charge in [-0.2, -0.15) is 0 Å². The molecule has 0 aliphatic heterocycles. The lowest BCUT2D eigenvalue weighted by Gasteiger charge is -2.09. The van der Waals surface area contributed by atoms with Crippen molar-refractivity contribution in [3.8, 4) is 5.75 Å². The predicted octanol–water partition coefficient (Wildman–Crippen LogP) is 6.05. The van der Waals surface area contributed by atoms with E-state index in [4.69, 9.17) is 51.1 Å². The molecule has 0 saturated carbocycles. The highest BCUT2D eigenvalue weighted by Crippen LogP contribution is 2.32. The average Bonchev–Trinajstić information content (AvgIpc) is 3.05. The van der Waals surface area contributed by atoms with Crippen LogP contribution >= 0.6 is 58.2 Å². The number of benzene rings is 2. The van der Waals surface area contributed by atoms with Crippen LogP contribution in [0.25, 0.3) is 0 Å². The zero-order chi connectivity index (χ0) is 21.8. The number of carbonyl (C=O) groups is 1. The number of nitrogens with one attached hydrogen (secondary N) is 1. The summed E-state index contributed by atoms with van der Waals surface area (Å²) in [6, 6.07) is 8.41. The molecule has 0 bridgehead atoms. The van der Waals surface area contributed by atoms with E-state index in [0.717, 1.165) is 5.56 Å². The van der Waals surface area contributed by atoms with Crippen LogP contribution in [0.1, 0.15) is 11.4 Å². The second kappa shape index (κ2) is 10.1. The first-order valence-electron chi connectivity index (χ1n) is 8.59. The standard InChI is InChI=1S/C19H16Cl4N4O2S/c1-10-5-11(3-4-12(10)20)29-8-17-25-26-19(27(17)2)30-9-18(28)24-16-7-14(22)13(21)6-15(16)23/h3-7H,8-9H2,1-2H3,(H,24,28). The van der Waals surface area contributed by atoms with Crippen LogP contribution in [0.15, 0.2) is 35.5 Å². The number of ether oxygens (including phenoxy) is 1. The van der Waals surface area contributed by atoms with Crippen molar-refractivity contribution < 1.29 is 9.53 Å². The van der Waals surface area contributed by atoms with E-state index in [0.29, 0.717) is 42.5 Å². The van der Waals surface area contributed by atoms with Crippen LogP contribution in [0.4, 0.5) is 5.69 Å². The molecule has 3 rings (SSSR count). The van der Waals surface area contributed by atoms with Crippen LogP contribution in [0.2, 0.25) is 20.1 Å². The van der Waals surface area contributed by atoms with Gasteiger partial charge in [0.2, 0.25) is 5.91 Å². The van der Waals surface area contributed by atoms with E-state index >= 15 is 0 Å². The number of aromatic nitrogens is 3. The topological polar surface area (TPSA) is 69.0 Å². The van der Waals surface area contributed by atoms with Crippen molar-refractivity contribution in [3.63, 3.8) is 0 Å². The minimum Gasteiger partial charge on any atom is -0.486 e. The number of hydrogen-bond acceptors (Lipinski definition) is 5. The molecule has 0 spiro atoms. The molecule has 0 radical (unpaired) electrons. The summed E-state index contributed by atoms with van der Waals surface area (Å²) in [6.07, 6.45) is 0. The van der Waals surface area contributed by atoms with Gasteiger partial charge in [-0.3, -0.25) is 4.79 Å². The molecule has 0 aliphatic rings. The van der Waals surface area contributed by atoms with Gasteiger partial charge >= 0.3 is 0 Å². The van der Waals surface area contributed by atoms with E-state index in [9.17, 15) is 4.79 Å². The molecule has 0 unspecified atom stereocenters. The largest absolute Gasteiger partial charge is 0.486 e. The number of anilines is 1. The second-order valence-electron chi connectivity index (χ2n) is 6.24. The number of halogens is 4. The lowest BCUT2D eigenvalue weighted by atomic mass is 10.2. The number of nitrogens with zero attached hydrogens (tertiary/aromatic N) is 3. The quantitative estimate of drug-likeness (QED) is 0.312. The molecule has 2 aromatic carbocycles. The predicted molar refractivity (Wildman–Crippen MR) is 122 cm³/mol. The summed E-state index contributed by atoms with van der Waals surface area (Å²) < 4.78 is 7.52. The first kappa shape index (κ1) is 23.0. The number of rotatable bonds is 7. The van der Waals surface area contributed by atoms with Gasteiger partial charge in [0.05, 0.1) is 26.5 Å². The van der Waals surface area contributed by atoms with Gasteiger partial charge in [-0.15, -0.1) is 10.2 Å². The molecule has 0 aliphatic carbocycles. The first-order valence-corrected chi connectivity index (χ1v) is 11.1.